The fourth-order valence-electron chi connectivity index (χ4n) is 2.33. The van der Waals surface area contributed by atoms with Gasteiger partial charge in [-0.1, -0.05) is 11.6 Å². The Morgan fingerprint density at radius 1 is 1.46 bits per heavy atom. The molecule has 10 heteroatoms. The highest BCUT2D eigenvalue weighted by molar-refractivity contribution is 6.31. The first-order valence-electron chi connectivity index (χ1n) is 8.39. The molecule has 0 spiro atoms. The molecule has 1 saturated heterocycles. The number of aliphatic imine (C=N–C) groups is 1. The first-order chi connectivity index (χ1) is 12.4. The average Bonchev–Trinajstić information content (AvgIpc) is 3.10. The lowest BCUT2D eigenvalue weighted by molar-refractivity contribution is -0.137. The van der Waals surface area contributed by atoms with Crippen LogP contribution in [0, 0.1) is 0 Å². The molecular formula is C16H22ClF3N4O2. The van der Waals surface area contributed by atoms with Crippen LogP contribution in [0.5, 0.6) is 5.88 Å². The Morgan fingerprint density at radius 3 is 2.88 bits per heavy atom. The number of hydrogen-bond acceptors (Lipinski definition) is 4. The Kier molecular flexibility index (Phi) is 7.77. The van der Waals surface area contributed by atoms with Crippen molar-refractivity contribution in [3.63, 3.8) is 0 Å². The summed E-state index contributed by atoms with van der Waals surface area (Å²) in [6.45, 7) is 4.55. The number of guanidine groups is 1. The topological polar surface area (TPSA) is 67.8 Å². The molecule has 2 heterocycles. The molecule has 0 amide bonds. The van der Waals surface area contributed by atoms with Crippen molar-refractivity contribution in [1.82, 2.24) is 15.6 Å². The molecule has 0 aliphatic carbocycles. The number of nitrogens with one attached hydrogen (secondary N) is 2. The lowest BCUT2D eigenvalue weighted by atomic mass is 10.2. The van der Waals surface area contributed by atoms with Crippen LogP contribution in [0.25, 0.3) is 0 Å². The normalized spacial score (nSPS) is 18.0. The molecule has 1 unspecified atom stereocenters. The van der Waals surface area contributed by atoms with Crippen LogP contribution in [0.15, 0.2) is 17.3 Å². The number of ether oxygens (including phenoxy) is 2. The fraction of sp³-hybridized carbons (Fsp3) is 0.625. The average molecular weight is 395 g/mol. The lowest BCUT2D eigenvalue weighted by Crippen LogP contribution is -2.39. The standard InChI is InChI=1S/C16H22ClF3N4O2/c1-2-21-15(24-10-12-4-3-6-25-12)22-5-7-26-14-13(17)8-11(9-23-14)16(18,19)20/h8-9,12H,2-7,10H2,1H3,(H2,21,22,24). The second-order valence-corrected chi connectivity index (χ2v) is 6.05. The molecule has 146 valence electrons. The van der Waals surface area contributed by atoms with Gasteiger partial charge in [-0.25, -0.2) is 4.98 Å². The second-order valence-electron chi connectivity index (χ2n) is 5.64. The maximum Gasteiger partial charge on any atom is 0.417 e. The van der Waals surface area contributed by atoms with Gasteiger partial charge in [-0.2, -0.15) is 13.2 Å². The highest BCUT2D eigenvalue weighted by Crippen LogP contribution is 2.32. The van der Waals surface area contributed by atoms with Crippen LogP contribution < -0.4 is 15.4 Å². The molecule has 1 aromatic heterocycles. The molecule has 0 bridgehead atoms. The Balaban J connectivity index is 1.79. The summed E-state index contributed by atoms with van der Waals surface area (Å²) >= 11 is 5.79. The minimum Gasteiger partial charge on any atom is -0.475 e. The van der Waals surface area contributed by atoms with Gasteiger partial charge in [0.15, 0.2) is 5.96 Å². The number of rotatable bonds is 7. The summed E-state index contributed by atoms with van der Waals surface area (Å²) in [6, 6.07) is 0.796. The van der Waals surface area contributed by atoms with Gasteiger partial charge in [0.2, 0.25) is 5.88 Å². The van der Waals surface area contributed by atoms with Crippen molar-refractivity contribution in [2.24, 2.45) is 4.99 Å². The fourth-order valence-corrected chi connectivity index (χ4v) is 2.55. The largest absolute Gasteiger partial charge is 0.475 e. The molecular weight excluding hydrogens is 373 g/mol. The lowest BCUT2D eigenvalue weighted by Gasteiger charge is -2.14. The van der Waals surface area contributed by atoms with Gasteiger partial charge in [0, 0.05) is 19.3 Å². The summed E-state index contributed by atoms with van der Waals surface area (Å²) in [7, 11) is 0. The van der Waals surface area contributed by atoms with Gasteiger partial charge in [0.1, 0.15) is 11.6 Å². The third-order valence-corrected chi connectivity index (χ3v) is 3.86. The zero-order chi connectivity index (χ0) is 19.0. The zero-order valence-electron chi connectivity index (χ0n) is 14.4. The molecule has 0 aromatic carbocycles. The van der Waals surface area contributed by atoms with E-state index in [0.29, 0.717) is 31.8 Å². The third-order valence-electron chi connectivity index (χ3n) is 3.59. The van der Waals surface area contributed by atoms with Crippen molar-refractivity contribution in [2.45, 2.75) is 32.0 Å². The van der Waals surface area contributed by atoms with Gasteiger partial charge in [0.05, 0.1) is 24.8 Å². The highest BCUT2D eigenvalue weighted by atomic mass is 35.5. The van der Waals surface area contributed by atoms with E-state index < -0.39 is 11.7 Å². The summed E-state index contributed by atoms with van der Waals surface area (Å²) in [6.07, 6.45) is -1.58. The molecule has 1 atom stereocenters. The minimum atomic E-state index is -4.49. The molecule has 2 rings (SSSR count). The van der Waals surface area contributed by atoms with Crippen LogP contribution in [0.3, 0.4) is 0 Å². The summed E-state index contributed by atoms with van der Waals surface area (Å²) in [5, 5.41) is 6.00. The Bertz CT molecular complexity index is 608. The van der Waals surface area contributed by atoms with Gasteiger partial charge >= 0.3 is 6.18 Å². The van der Waals surface area contributed by atoms with E-state index in [9.17, 15) is 13.2 Å². The highest BCUT2D eigenvalue weighted by Gasteiger charge is 2.31. The second kappa shape index (κ2) is 9.82. The predicted molar refractivity (Wildman–Crippen MR) is 92.7 cm³/mol. The van der Waals surface area contributed by atoms with Crippen LogP contribution in [-0.2, 0) is 10.9 Å². The molecule has 6 nitrogen and oxygen atoms in total. The Hall–Kier alpha value is -1.74. The molecule has 1 aliphatic heterocycles. The summed E-state index contributed by atoms with van der Waals surface area (Å²) in [4.78, 5) is 8.07. The van der Waals surface area contributed by atoms with Crippen molar-refractivity contribution < 1.29 is 22.6 Å². The molecule has 26 heavy (non-hydrogen) atoms. The molecule has 0 saturated carbocycles. The number of nitrogens with zero attached hydrogens (tertiary/aromatic N) is 2. The van der Waals surface area contributed by atoms with Crippen LogP contribution in [-0.4, -0.2) is 49.9 Å². The SMILES string of the molecule is CCNC(=NCC1CCCO1)NCCOc1ncc(C(F)(F)F)cc1Cl. The van der Waals surface area contributed by atoms with Gasteiger partial charge < -0.3 is 20.1 Å². The van der Waals surface area contributed by atoms with E-state index in [1.165, 1.54) is 0 Å². The maximum atomic E-state index is 12.6. The van der Waals surface area contributed by atoms with Gasteiger partial charge in [-0.05, 0) is 25.8 Å². The van der Waals surface area contributed by atoms with E-state index in [-0.39, 0.29) is 23.6 Å². The monoisotopic (exact) mass is 394 g/mol. The van der Waals surface area contributed by atoms with E-state index in [2.05, 4.69) is 20.6 Å². The van der Waals surface area contributed by atoms with Crippen LogP contribution in [0.4, 0.5) is 13.2 Å². The molecule has 1 aliphatic rings. The van der Waals surface area contributed by atoms with Gasteiger partial charge in [-0.3, -0.25) is 4.99 Å². The van der Waals surface area contributed by atoms with Gasteiger partial charge in [-0.15, -0.1) is 0 Å². The van der Waals surface area contributed by atoms with Crippen molar-refractivity contribution in [3.8, 4) is 5.88 Å². The third kappa shape index (κ3) is 6.53. The number of aromatic nitrogens is 1. The predicted octanol–water partition coefficient (Wildman–Crippen LogP) is 2.87. The minimum absolute atomic E-state index is 0.0391. The summed E-state index contributed by atoms with van der Waals surface area (Å²) in [5.74, 6) is 0.584. The quantitative estimate of drug-likeness (QED) is 0.423. The van der Waals surface area contributed by atoms with Gasteiger partial charge in [0.25, 0.3) is 0 Å². The molecule has 1 fully saturated rings. The van der Waals surface area contributed by atoms with Crippen molar-refractivity contribution in [2.75, 3.05) is 32.8 Å². The smallest absolute Gasteiger partial charge is 0.417 e. The summed E-state index contributed by atoms with van der Waals surface area (Å²) in [5.41, 5.74) is -0.913. The summed E-state index contributed by atoms with van der Waals surface area (Å²) < 4.78 is 48.6. The molecule has 2 N–H and O–H groups in total. The number of pyridine rings is 1. The Labute approximate surface area is 155 Å². The van der Waals surface area contributed by atoms with E-state index in [0.717, 1.165) is 25.5 Å². The number of halogens is 4. The van der Waals surface area contributed by atoms with E-state index in [4.69, 9.17) is 21.1 Å². The van der Waals surface area contributed by atoms with Crippen molar-refractivity contribution in [1.29, 1.82) is 0 Å². The van der Waals surface area contributed by atoms with Crippen molar-refractivity contribution in [3.05, 3.63) is 22.8 Å². The van der Waals surface area contributed by atoms with Crippen molar-refractivity contribution >= 4 is 17.6 Å². The maximum absolute atomic E-state index is 12.6. The first kappa shape index (κ1) is 20.6. The number of hydrogen-bond donors (Lipinski definition) is 2. The Morgan fingerprint density at radius 2 is 2.27 bits per heavy atom. The van der Waals surface area contributed by atoms with E-state index in [1.807, 2.05) is 6.92 Å². The van der Waals surface area contributed by atoms with Crippen LogP contribution in [0.2, 0.25) is 5.02 Å². The number of alkyl halides is 3. The van der Waals surface area contributed by atoms with Crippen LogP contribution in [0.1, 0.15) is 25.3 Å². The van der Waals surface area contributed by atoms with E-state index in [1.54, 1.807) is 0 Å². The molecule has 1 aromatic rings. The van der Waals surface area contributed by atoms with E-state index >= 15 is 0 Å². The van der Waals surface area contributed by atoms with Crippen LogP contribution >= 0.6 is 11.6 Å². The molecule has 0 radical (unpaired) electrons. The zero-order valence-corrected chi connectivity index (χ0v) is 15.2. The first-order valence-corrected chi connectivity index (χ1v) is 8.77.